The summed E-state index contributed by atoms with van der Waals surface area (Å²) in [6, 6.07) is 23.9. The predicted molar refractivity (Wildman–Crippen MR) is 152 cm³/mol. The van der Waals surface area contributed by atoms with Gasteiger partial charge in [0.25, 0.3) is 10.0 Å². The Morgan fingerprint density at radius 3 is 2.41 bits per heavy atom. The van der Waals surface area contributed by atoms with Crippen LogP contribution in [0.15, 0.2) is 83.8 Å². The lowest BCUT2D eigenvalue weighted by molar-refractivity contribution is 0.172. The van der Waals surface area contributed by atoms with E-state index in [0.717, 1.165) is 30.2 Å². The highest BCUT2D eigenvalue weighted by atomic mass is 35.5. The monoisotopic (exact) mass is 540 g/mol. The van der Waals surface area contributed by atoms with Crippen molar-refractivity contribution in [3.8, 4) is 5.75 Å². The third kappa shape index (κ3) is 7.50. The molecular formula is C30H37ClN2O3S. The number of hydrogen-bond acceptors (Lipinski definition) is 4. The highest BCUT2D eigenvalue weighted by molar-refractivity contribution is 7.92. The van der Waals surface area contributed by atoms with Gasteiger partial charge in [0.05, 0.1) is 23.7 Å². The molecule has 0 aromatic heterocycles. The Bertz CT molecular complexity index is 1220. The van der Waals surface area contributed by atoms with Gasteiger partial charge in [-0.3, -0.25) is 4.31 Å². The van der Waals surface area contributed by atoms with Gasteiger partial charge in [-0.2, -0.15) is 0 Å². The van der Waals surface area contributed by atoms with Gasteiger partial charge in [-0.15, -0.1) is 0 Å². The van der Waals surface area contributed by atoms with Crippen molar-refractivity contribution >= 4 is 27.3 Å². The molecule has 1 aliphatic heterocycles. The van der Waals surface area contributed by atoms with Crippen LogP contribution in [0.4, 0.5) is 5.69 Å². The summed E-state index contributed by atoms with van der Waals surface area (Å²) in [5.74, 6) is 0.724. The average Bonchev–Trinajstić information content (AvgIpc) is 2.91. The molecule has 0 radical (unpaired) electrons. The van der Waals surface area contributed by atoms with Crippen LogP contribution in [0.1, 0.15) is 50.5 Å². The minimum Gasteiger partial charge on any atom is -0.493 e. The Hall–Kier alpha value is -2.54. The molecule has 1 fully saturated rings. The first-order valence-corrected chi connectivity index (χ1v) is 15.0. The van der Waals surface area contributed by atoms with E-state index < -0.39 is 10.0 Å². The molecule has 1 aliphatic rings. The maximum atomic E-state index is 13.7. The quantitative estimate of drug-likeness (QED) is 0.229. The van der Waals surface area contributed by atoms with Crippen LogP contribution in [0.3, 0.4) is 0 Å². The van der Waals surface area contributed by atoms with Gasteiger partial charge in [0.1, 0.15) is 5.75 Å². The Balaban J connectivity index is 1.41. The zero-order valence-electron chi connectivity index (χ0n) is 21.6. The fourth-order valence-corrected chi connectivity index (χ4v) is 6.49. The predicted octanol–water partition coefficient (Wildman–Crippen LogP) is 7.16. The average molecular weight is 541 g/mol. The van der Waals surface area contributed by atoms with Gasteiger partial charge in [-0.25, -0.2) is 8.42 Å². The molecule has 3 aromatic carbocycles. The SMILES string of the molecule is CN1CCCCC1CCCCCOc1ccccc1CN(c1ccccc1)S(=O)(=O)c1ccc(Cl)cc1. The van der Waals surface area contributed by atoms with Crippen molar-refractivity contribution in [2.45, 2.75) is 62.4 Å². The first-order valence-electron chi connectivity index (χ1n) is 13.2. The maximum absolute atomic E-state index is 13.7. The standard InChI is InChI=1S/C30H37ClN2O3S/c1-32-22-10-9-14-27(32)13-6-3-11-23-36-30-17-8-7-12-25(30)24-33(28-15-4-2-5-16-28)37(34,35)29-20-18-26(31)19-21-29/h2,4-5,7-8,12,15-21,27H,3,6,9-11,13-14,22-24H2,1H3. The maximum Gasteiger partial charge on any atom is 0.264 e. The first kappa shape index (κ1) is 27.5. The fourth-order valence-electron chi connectivity index (χ4n) is 4.92. The summed E-state index contributed by atoms with van der Waals surface area (Å²) in [4.78, 5) is 2.70. The van der Waals surface area contributed by atoms with Gasteiger partial charge >= 0.3 is 0 Å². The van der Waals surface area contributed by atoms with Crippen molar-refractivity contribution in [1.29, 1.82) is 0 Å². The Kier molecular flexibility index (Phi) is 9.89. The summed E-state index contributed by atoms with van der Waals surface area (Å²) in [7, 11) is -1.57. The van der Waals surface area contributed by atoms with Crippen LogP contribution in [-0.2, 0) is 16.6 Å². The molecule has 0 saturated carbocycles. The minimum absolute atomic E-state index is 0.166. The summed E-state index contributed by atoms with van der Waals surface area (Å²) in [6.07, 6.45) is 8.56. The number of anilines is 1. The van der Waals surface area contributed by atoms with E-state index in [-0.39, 0.29) is 11.4 Å². The lowest BCUT2D eigenvalue weighted by Crippen LogP contribution is -2.36. The molecule has 1 saturated heterocycles. The Morgan fingerprint density at radius 2 is 1.65 bits per heavy atom. The van der Waals surface area contributed by atoms with Gasteiger partial charge in [0.15, 0.2) is 0 Å². The molecule has 3 aromatic rings. The third-order valence-electron chi connectivity index (χ3n) is 7.09. The normalized spacial score (nSPS) is 16.4. The lowest BCUT2D eigenvalue weighted by Gasteiger charge is -2.32. The van der Waals surface area contributed by atoms with E-state index in [1.165, 1.54) is 43.0 Å². The van der Waals surface area contributed by atoms with Crippen molar-refractivity contribution in [2.75, 3.05) is 24.5 Å². The van der Waals surface area contributed by atoms with Crippen molar-refractivity contribution in [1.82, 2.24) is 4.90 Å². The lowest BCUT2D eigenvalue weighted by atomic mass is 9.97. The molecule has 5 nitrogen and oxygen atoms in total. The van der Waals surface area contributed by atoms with Gasteiger partial charge in [0.2, 0.25) is 0 Å². The van der Waals surface area contributed by atoms with Crippen LogP contribution in [0.5, 0.6) is 5.75 Å². The number of piperidine rings is 1. The zero-order chi connectivity index (χ0) is 26.1. The van der Waals surface area contributed by atoms with Gasteiger partial charge < -0.3 is 9.64 Å². The first-order chi connectivity index (χ1) is 17.9. The summed E-state index contributed by atoms with van der Waals surface area (Å²) in [5.41, 5.74) is 1.42. The van der Waals surface area contributed by atoms with E-state index in [2.05, 4.69) is 11.9 Å². The van der Waals surface area contributed by atoms with Crippen LogP contribution in [-0.4, -0.2) is 39.6 Å². The van der Waals surface area contributed by atoms with Crippen molar-refractivity contribution in [2.24, 2.45) is 0 Å². The van der Waals surface area contributed by atoms with Gasteiger partial charge in [-0.1, -0.05) is 67.3 Å². The molecule has 7 heteroatoms. The highest BCUT2D eigenvalue weighted by Crippen LogP contribution is 2.29. The van der Waals surface area contributed by atoms with E-state index in [9.17, 15) is 8.42 Å². The molecule has 0 N–H and O–H groups in total. The van der Waals surface area contributed by atoms with E-state index in [0.29, 0.717) is 17.3 Å². The Morgan fingerprint density at radius 1 is 0.919 bits per heavy atom. The fraction of sp³-hybridized carbons (Fsp3) is 0.400. The molecule has 0 amide bonds. The number of benzene rings is 3. The van der Waals surface area contributed by atoms with E-state index in [4.69, 9.17) is 16.3 Å². The van der Waals surface area contributed by atoms with E-state index in [1.54, 1.807) is 36.4 Å². The highest BCUT2D eigenvalue weighted by Gasteiger charge is 2.26. The molecule has 0 aliphatic carbocycles. The number of halogens is 1. The molecule has 198 valence electrons. The van der Waals surface area contributed by atoms with Crippen LogP contribution in [0.2, 0.25) is 5.02 Å². The second-order valence-electron chi connectivity index (χ2n) is 9.74. The molecule has 37 heavy (non-hydrogen) atoms. The van der Waals surface area contributed by atoms with E-state index >= 15 is 0 Å². The number of para-hydroxylation sites is 2. The summed E-state index contributed by atoms with van der Waals surface area (Å²) >= 11 is 6.01. The van der Waals surface area contributed by atoms with Crippen LogP contribution in [0.25, 0.3) is 0 Å². The molecule has 1 unspecified atom stereocenters. The number of unbranched alkanes of at least 4 members (excludes halogenated alkanes) is 2. The molecule has 0 spiro atoms. The van der Waals surface area contributed by atoms with Gasteiger partial charge in [-0.05, 0) is 81.7 Å². The second-order valence-corrected chi connectivity index (χ2v) is 12.0. The second kappa shape index (κ2) is 13.3. The number of ether oxygens (including phenoxy) is 1. The summed E-state index contributed by atoms with van der Waals surface area (Å²) < 4.78 is 35.0. The number of rotatable bonds is 12. The summed E-state index contributed by atoms with van der Waals surface area (Å²) in [5, 5.41) is 0.495. The number of sulfonamides is 1. The van der Waals surface area contributed by atoms with Crippen molar-refractivity contribution in [3.05, 3.63) is 89.4 Å². The zero-order valence-corrected chi connectivity index (χ0v) is 23.1. The van der Waals surface area contributed by atoms with Crippen molar-refractivity contribution < 1.29 is 13.2 Å². The minimum atomic E-state index is -3.82. The van der Waals surface area contributed by atoms with Crippen molar-refractivity contribution in [3.63, 3.8) is 0 Å². The number of nitrogens with zero attached hydrogens (tertiary/aromatic N) is 2. The number of likely N-dealkylation sites (tertiary alicyclic amines) is 1. The van der Waals surface area contributed by atoms with Crippen LogP contribution >= 0.6 is 11.6 Å². The van der Waals surface area contributed by atoms with E-state index in [1.807, 2.05) is 42.5 Å². The molecule has 1 heterocycles. The molecule has 4 rings (SSSR count). The molecule has 0 bridgehead atoms. The third-order valence-corrected chi connectivity index (χ3v) is 9.13. The smallest absolute Gasteiger partial charge is 0.264 e. The van der Waals surface area contributed by atoms with Gasteiger partial charge in [0, 0.05) is 16.6 Å². The molecular weight excluding hydrogens is 504 g/mol. The topological polar surface area (TPSA) is 49.9 Å². The summed E-state index contributed by atoms with van der Waals surface area (Å²) in [6.45, 7) is 2.00. The van der Waals surface area contributed by atoms with Crippen LogP contribution < -0.4 is 9.04 Å². The largest absolute Gasteiger partial charge is 0.493 e. The molecule has 1 atom stereocenters. The van der Waals surface area contributed by atoms with Crippen LogP contribution in [0, 0.1) is 0 Å². The Labute approximate surface area is 227 Å². The number of hydrogen-bond donors (Lipinski definition) is 0.